The molecule has 2 aliphatic rings. The average molecular weight is 356 g/mol. The Bertz CT molecular complexity index is 887. The van der Waals surface area contributed by atoms with Gasteiger partial charge in [0.2, 0.25) is 0 Å². The maximum Gasteiger partial charge on any atom is 0.325 e. The highest BCUT2D eigenvalue weighted by molar-refractivity contribution is 6.08. The van der Waals surface area contributed by atoms with Gasteiger partial charge in [0, 0.05) is 17.5 Å². The van der Waals surface area contributed by atoms with Gasteiger partial charge in [0.1, 0.15) is 11.6 Å². The standard InChI is InChI=1S/C19H17FN2O4/c20-14-7-3-1-5-12(14)15(23)11-22-17(24)19(21-18(22)25)9-10-26-16-8-4-2-6-13(16)19/h1-8,15,23H,9-11H2,(H,21,25). The zero-order valence-corrected chi connectivity index (χ0v) is 13.8. The van der Waals surface area contributed by atoms with Crippen molar-refractivity contribution >= 4 is 11.9 Å². The molecule has 134 valence electrons. The number of rotatable bonds is 3. The molecule has 2 N–H and O–H groups in total. The van der Waals surface area contributed by atoms with Crippen LogP contribution in [0.25, 0.3) is 0 Å². The van der Waals surface area contributed by atoms with Crippen molar-refractivity contribution in [3.05, 3.63) is 65.5 Å². The number of aliphatic hydroxyl groups is 1. The smallest absolute Gasteiger partial charge is 0.325 e. The van der Waals surface area contributed by atoms with E-state index in [2.05, 4.69) is 5.32 Å². The first kappa shape index (κ1) is 16.5. The molecule has 26 heavy (non-hydrogen) atoms. The largest absolute Gasteiger partial charge is 0.493 e. The van der Waals surface area contributed by atoms with Crippen LogP contribution in [0.4, 0.5) is 9.18 Å². The quantitative estimate of drug-likeness (QED) is 0.826. The number of fused-ring (bicyclic) bond motifs is 2. The number of halogens is 1. The molecule has 2 unspecified atom stereocenters. The lowest BCUT2D eigenvalue weighted by atomic mass is 9.84. The molecule has 0 aliphatic carbocycles. The monoisotopic (exact) mass is 356 g/mol. The Morgan fingerprint density at radius 3 is 2.73 bits per heavy atom. The summed E-state index contributed by atoms with van der Waals surface area (Å²) in [5.41, 5.74) is -0.574. The molecular weight excluding hydrogens is 339 g/mol. The first-order valence-corrected chi connectivity index (χ1v) is 8.32. The summed E-state index contributed by atoms with van der Waals surface area (Å²) in [6.07, 6.45) is -1.02. The molecule has 2 aromatic rings. The molecule has 2 aliphatic heterocycles. The van der Waals surface area contributed by atoms with E-state index in [0.29, 0.717) is 17.7 Å². The van der Waals surface area contributed by atoms with Crippen molar-refractivity contribution < 1.29 is 23.8 Å². The molecule has 0 radical (unpaired) electrons. The molecule has 2 heterocycles. The van der Waals surface area contributed by atoms with Gasteiger partial charge in [0.15, 0.2) is 5.54 Å². The predicted molar refractivity (Wildman–Crippen MR) is 89.8 cm³/mol. The van der Waals surface area contributed by atoms with Crippen LogP contribution in [0.5, 0.6) is 5.75 Å². The van der Waals surface area contributed by atoms with Gasteiger partial charge in [-0.1, -0.05) is 36.4 Å². The highest BCUT2D eigenvalue weighted by Crippen LogP contribution is 2.41. The molecule has 1 saturated heterocycles. The van der Waals surface area contributed by atoms with Crippen LogP contribution in [0.15, 0.2) is 48.5 Å². The Labute approximate surface area is 149 Å². The molecule has 1 spiro atoms. The summed E-state index contributed by atoms with van der Waals surface area (Å²) < 4.78 is 19.4. The minimum atomic E-state index is -1.31. The van der Waals surface area contributed by atoms with Gasteiger partial charge in [-0.25, -0.2) is 9.18 Å². The molecule has 3 amide bonds. The normalized spacial score (nSPS) is 22.8. The Morgan fingerprint density at radius 2 is 1.92 bits per heavy atom. The number of carbonyl (C=O) groups excluding carboxylic acids is 2. The van der Waals surface area contributed by atoms with E-state index < -0.39 is 29.4 Å². The SMILES string of the molecule is O=C1NC2(CCOc3ccccc32)C(=O)N1CC(O)c1ccccc1F. The number of hydrogen-bond acceptors (Lipinski definition) is 4. The van der Waals surface area contributed by atoms with Crippen molar-refractivity contribution in [1.82, 2.24) is 10.2 Å². The first-order chi connectivity index (χ1) is 12.5. The van der Waals surface area contributed by atoms with Crippen LogP contribution in [0.3, 0.4) is 0 Å². The third-order valence-corrected chi connectivity index (χ3v) is 4.88. The molecule has 2 aromatic carbocycles. The van der Waals surface area contributed by atoms with E-state index in [-0.39, 0.29) is 18.7 Å². The van der Waals surface area contributed by atoms with Gasteiger partial charge in [-0.15, -0.1) is 0 Å². The molecule has 0 saturated carbocycles. The minimum absolute atomic E-state index is 0.0430. The van der Waals surface area contributed by atoms with Crippen molar-refractivity contribution in [2.45, 2.75) is 18.1 Å². The number of benzene rings is 2. The number of ether oxygens (including phenoxy) is 1. The van der Waals surface area contributed by atoms with Crippen LogP contribution >= 0.6 is 0 Å². The number of aliphatic hydroxyl groups excluding tert-OH is 1. The molecule has 7 heteroatoms. The molecular formula is C19H17FN2O4. The first-order valence-electron chi connectivity index (χ1n) is 8.32. The van der Waals surface area contributed by atoms with Gasteiger partial charge >= 0.3 is 6.03 Å². The van der Waals surface area contributed by atoms with Gasteiger partial charge in [0.25, 0.3) is 5.91 Å². The Morgan fingerprint density at radius 1 is 1.19 bits per heavy atom. The van der Waals surface area contributed by atoms with E-state index >= 15 is 0 Å². The lowest BCUT2D eigenvalue weighted by molar-refractivity contribution is -0.133. The van der Waals surface area contributed by atoms with E-state index in [1.54, 1.807) is 30.3 Å². The average Bonchev–Trinajstić information content (AvgIpc) is 2.87. The number of hydrogen-bond donors (Lipinski definition) is 2. The molecule has 4 rings (SSSR count). The summed E-state index contributed by atoms with van der Waals surface area (Å²) >= 11 is 0. The van der Waals surface area contributed by atoms with Crippen LogP contribution in [0, 0.1) is 5.82 Å². The highest BCUT2D eigenvalue weighted by atomic mass is 19.1. The lowest BCUT2D eigenvalue weighted by Crippen LogP contribution is -2.47. The van der Waals surface area contributed by atoms with Gasteiger partial charge in [0.05, 0.1) is 19.3 Å². The lowest BCUT2D eigenvalue weighted by Gasteiger charge is -2.33. The summed E-state index contributed by atoms with van der Waals surface area (Å²) in [6, 6.07) is 12.2. The fraction of sp³-hybridized carbons (Fsp3) is 0.263. The fourth-order valence-corrected chi connectivity index (χ4v) is 3.55. The third kappa shape index (κ3) is 2.43. The third-order valence-electron chi connectivity index (χ3n) is 4.88. The summed E-state index contributed by atoms with van der Waals surface area (Å²) in [4.78, 5) is 26.5. The van der Waals surface area contributed by atoms with Crippen LogP contribution in [0.1, 0.15) is 23.7 Å². The molecule has 6 nitrogen and oxygen atoms in total. The van der Waals surface area contributed by atoms with Crippen LogP contribution in [-0.2, 0) is 10.3 Å². The van der Waals surface area contributed by atoms with E-state index in [0.717, 1.165) is 4.90 Å². The van der Waals surface area contributed by atoms with Gasteiger partial charge in [-0.05, 0) is 12.1 Å². The number of nitrogens with zero attached hydrogens (tertiary/aromatic N) is 1. The van der Waals surface area contributed by atoms with E-state index in [4.69, 9.17) is 4.74 Å². The van der Waals surface area contributed by atoms with E-state index in [1.165, 1.54) is 18.2 Å². The van der Waals surface area contributed by atoms with Crippen molar-refractivity contribution in [3.8, 4) is 5.75 Å². The Balaban J connectivity index is 1.64. The topological polar surface area (TPSA) is 78.9 Å². The number of nitrogens with one attached hydrogen (secondary N) is 1. The zero-order chi connectivity index (χ0) is 18.3. The van der Waals surface area contributed by atoms with Crippen LogP contribution in [-0.4, -0.2) is 35.1 Å². The summed E-state index contributed by atoms with van der Waals surface area (Å²) in [5.74, 6) is -0.504. The van der Waals surface area contributed by atoms with Gasteiger partial charge in [-0.2, -0.15) is 0 Å². The second kappa shape index (κ2) is 6.10. The summed E-state index contributed by atoms with van der Waals surface area (Å²) in [5, 5.41) is 13.1. The molecule has 0 bridgehead atoms. The molecule has 0 aromatic heterocycles. The van der Waals surface area contributed by atoms with Crippen molar-refractivity contribution in [3.63, 3.8) is 0 Å². The maximum absolute atomic E-state index is 13.9. The van der Waals surface area contributed by atoms with Crippen molar-refractivity contribution in [2.24, 2.45) is 0 Å². The molecule has 2 atom stereocenters. The Kier molecular flexibility index (Phi) is 3.88. The maximum atomic E-state index is 13.9. The van der Waals surface area contributed by atoms with Gasteiger partial charge < -0.3 is 15.2 Å². The Hall–Kier alpha value is -2.93. The summed E-state index contributed by atoms with van der Waals surface area (Å²) in [6.45, 7) is -0.0386. The predicted octanol–water partition coefficient (Wildman–Crippen LogP) is 2.09. The number of imide groups is 1. The number of urea groups is 1. The minimum Gasteiger partial charge on any atom is -0.493 e. The van der Waals surface area contributed by atoms with Gasteiger partial charge in [-0.3, -0.25) is 9.69 Å². The summed E-state index contributed by atoms with van der Waals surface area (Å²) in [7, 11) is 0. The highest BCUT2D eigenvalue weighted by Gasteiger charge is 2.55. The van der Waals surface area contributed by atoms with Crippen LogP contribution in [0.2, 0.25) is 0 Å². The second-order valence-corrected chi connectivity index (χ2v) is 6.38. The number of amides is 3. The van der Waals surface area contributed by atoms with Crippen molar-refractivity contribution in [1.29, 1.82) is 0 Å². The van der Waals surface area contributed by atoms with Crippen molar-refractivity contribution in [2.75, 3.05) is 13.2 Å². The zero-order valence-electron chi connectivity index (χ0n) is 13.8. The van der Waals surface area contributed by atoms with E-state index in [1.807, 2.05) is 0 Å². The molecule has 1 fully saturated rings. The van der Waals surface area contributed by atoms with E-state index in [9.17, 15) is 19.1 Å². The number of β-amino-alcohol motifs (C(OH)–C–C–N with tert-alkyl or cyclic N) is 1. The second-order valence-electron chi connectivity index (χ2n) is 6.38. The fourth-order valence-electron chi connectivity index (χ4n) is 3.55. The van der Waals surface area contributed by atoms with Crippen LogP contribution < -0.4 is 10.1 Å². The number of carbonyl (C=O) groups is 2. The number of para-hydroxylation sites is 1.